The van der Waals surface area contributed by atoms with Gasteiger partial charge in [0.05, 0.1) is 5.76 Å². The first kappa shape index (κ1) is 33.0. The third kappa shape index (κ3) is 6.88. The molecular weight excluding hydrogens is 763 g/mol. The molecule has 0 atom stereocenters. The molecule has 5 aromatic carbocycles. The molecule has 3 nitrogen and oxygen atoms in total. The summed E-state index contributed by atoms with van der Waals surface area (Å²) in [6.45, 7) is 7.37. The minimum absolute atomic E-state index is 0. The number of hydrogen-bond donors (Lipinski definition) is 1. The Morgan fingerprint density at radius 2 is 1.41 bits per heavy atom. The standard InChI is InChI=1S/C36H26NS.C5H8O2.Ir/c1-23(2)27-14-9-15-28-29(27)16-17-31-30(28)18-19-37-36(31)26-20-32(24-10-5-3-6-11-24)33-22-34(38-35(33)21-26)25-12-7-4-8-13-25;1-4(6)3-5(2)7;/h3-20,22-23H,1-2H3;3,6H,1-2H3;/q-1;;/b;4-3-;. The summed E-state index contributed by atoms with van der Waals surface area (Å²) in [6.07, 6.45) is 3.11. The first-order chi connectivity index (χ1) is 21.8. The van der Waals surface area contributed by atoms with Crippen LogP contribution in [0, 0.1) is 6.07 Å². The number of rotatable bonds is 5. The molecule has 0 fully saturated rings. The number of ketones is 1. The van der Waals surface area contributed by atoms with Crippen LogP contribution in [0.1, 0.15) is 39.2 Å². The van der Waals surface area contributed by atoms with Crippen LogP contribution in [0.25, 0.3) is 64.5 Å². The van der Waals surface area contributed by atoms with Crippen LogP contribution < -0.4 is 0 Å². The molecule has 2 heterocycles. The van der Waals surface area contributed by atoms with Gasteiger partial charge in [-0.2, -0.15) is 11.3 Å². The van der Waals surface area contributed by atoms with Crippen molar-refractivity contribution in [2.24, 2.45) is 0 Å². The van der Waals surface area contributed by atoms with Crippen LogP contribution >= 0.6 is 11.3 Å². The van der Waals surface area contributed by atoms with E-state index in [0.717, 1.165) is 21.3 Å². The monoisotopic (exact) mass is 797 g/mol. The van der Waals surface area contributed by atoms with E-state index in [2.05, 4.69) is 129 Å². The molecule has 0 aliphatic heterocycles. The summed E-state index contributed by atoms with van der Waals surface area (Å²) in [6, 6.07) is 43.0. The molecule has 2 aromatic heterocycles. The molecule has 0 saturated heterocycles. The molecule has 0 bridgehead atoms. The molecular formula is C41H34IrNO2S-. The van der Waals surface area contributed by atoms with Gasteiger partial charge in [-0.15, -0.1) is 17.7 Å². The summed E-state index contributed by atoms with van der Waals surface area (Å²) < 4.78 is 1.15. The van der Waals surface area contributed by atoms with Crippen molar-refractivity contribution in [2.45, 2.75) is 33.6 Å². The van der Waals surface area contributed by atoms with Gasteiger partial charge in [0, 0.05) is 37.3 Å². The van der Waals surface area contributed by atoms with Crippen molar-refractivity contribution < 1.29 is 30.0 Å². The maximum absolute atomic E-state index is 10.0. The first-order valence-electron chi connectivity index (χ1n) is 15.1. The Balaban J connectivity index is 0.000000471. The number of carbonyl (C=O) groups is 1. The number of nitrogens with zero attached hydrogens (tertiary/aromatic N) is 1. The number of fused-ring (bicyclic) bond motifs is 4. The summed E-state index contributed by atoms with van der Waals surface area (Å²) in [5, 5.41) is 14.6. The van der Waals surface area contributed by atoms with Crippen LogP contribution in [-0.2, 0) is 24.9 Å². The number of aromatic nitrogens is 1. The quantitative estimate of drug-likeness (QED) is 0.0817. The van der Waals surface area contributed by atoms with Gasteiger partial charge in [0.1, 0.15) is 0 Å². The predicted molar refractivity (Wildman–Crippen MR) is 191 cm³/mol. The molecule has 0 spiro atoms. The molecule has 0 amide bonds. The van der Waals surface area contributed by atoms with Crippen molar-refractivity contribution in [3.05, 3.63) is 139 Å². The fraction of sp³-hybridized carbons (Fsp3) is 0.122. The number of pyridine rings is 1. The van der Waals surface area contributed by atoms with Crippen molar-refractivity contribution in [1.82, 2.24) is 4.98 Å². The van der Waals surface area contributed by atoms with E-state index in [9.17, 15) is 4.79 Å². The van der Waals surface area contributed by atoms with Gasteiger partial charge in [0.2, 0.25) is 0 Å². The molecule has 7 aromatic rings. The van der Waals surface area contributed by atoms with Crippen LogP contribution in [0.4, 0.5) is 0 Å². The fourth-order valence-electron chi connectivity index (χ4n) is 5.85. The number of thiophene rings is 1. The van der Waals surface area contributed by atoms with E-state index in [0.29, 0.717) is 5.92 Å². The van der Waals surface area contributed by atoms with Gasteiger partial charge in [-0.1, -0.05) is 122 Å². The van der Waals surface area contributed by atoms with Gasteiger partial charge >= 0.3 is 0 Å². The third-order valence-electron chi connectivity index (χ3n) is 7.83. The topological polar surface area (TPSA) is 50.2 Å². The Kier molecular flexibility index (Phi) is 10.3. The van der Waals surface area contributed by atoms with Crippen molar-refractivity contribution in [3.8, 4) is 32.8 Å². The Bertz CT molecular complexity index is 2180. The van der Waals surface area contributed by atoms with E-state index in [4.69, 9.17) is 10.1 Å². The summed E-state index contributed by atoms with van der Waals surface area (Å²) >= 11 is 1.80. The molecule has 0 saturated carbocycles. The van der Waals surface area contributed by atoms with Crippen LogP contribution in [0.3, 0.4) is 0 Å². The summed E-state index contributed by atoms with van der Waals surface area (Å²) in [4.78, 5) is 16.2. The molecule has 0 aliphatic rings. The van der Waals surface area contributed by atoms with E-state index in [1.54, 1.807) is 11.3 Å². The number of aliphatic hydroxyl groups excluding tert-OH is 1. The van der Waals surface area contributed by atoms with E-state index < -0.39 is 0 Å². The Labute approximate surface area is 287 Å². The van der Waals surface area contributed by atoms with Gasteiger partial charge in [0.25, 0.3) is 0 Å². The molecule has 231 valence electrons. The maximum atomic E-state index is 10.0. The van der Waals surface area contributed by atoms with Gasteiger partial charge in [-0.05, 0) is 74.5 Å². The number of carbonyl (C=O) groups excluding carboxylic acids is 1. The largest absolute Gasteiger partial charge is 0.512 e. The van der Waals surface area contributed by atoms with Crippen LogP contribution in [0.2, 0.25) is 0 Å². The van der Waals surface area contributed by atoms with Gasteiger partial charge in [0.15, 0.2) is 5.78 Å². The SMILES string of the molecule is CC(=O)/C=C(/C)O.CC(C)c1cccc2c1ccc1c(-c3[c-]c4sc(-c5ccccc5)cc4c(-c4ccccc4)c3)nccc12.[Ir]. The fourth-order valence-corrected chi connectivity index (χ4v) is 6.94. The van der Waals surface area contributed by atoms with E-state index >= 15 is 0 Å². The second-order valence-electron chi connectivity index (χ2n) is 11.5. The Hall–Kier alpha value is -4.41. The van der Waals surface area contributed by atoms with Gasteiger partial charge in [-0.3, -0.25) is 4.79 Å². The zero-order valence-corrected chi connectivity index (χ0v) is 29.4. The minimum atomic E-state index is -0.125. The van der Waals surface area contributed by atoms with Crippen LogP contribution in [0.15, 0.2) is 127 Å². The summed E-state index contributed by atoms with van der Waals surface area (Å²) in [5.41, 5.74) is 7.05. The molecule has 46 heavy (non-hydrogen) atoms. The Morgan fingerprint density at radius 3 is 2.04 bits per heavy atom. The summed E-state index contributed by atoms with van der Waals surface area (Å²) in [7, 11) is 0. The van der Waals surface area contributed by atoms with Gasteiger partial charge < -0.3 is 10.1 Å². The van der Waals surface area contributed by atoms with Crippen LogP contribution in [0.5, 0.6) is 0 Å². The number of benzene rings is 5. The molecule has 1 radical (unpaired) electrons. The predicted octanol–water partition coefficient (Wildman–Crippen LogP) is 11.6. The molecule has 1 N–H and O–H groups in total. The zero-order valence-electron chi connectivity index (χ0n) is 26.2. The third-order valence-corrected chi connectivity index (χ3v) is 8.93. The second kappa shape index (κ2) is 14.3. The average Bonchev–Trinajstić information content (AvgIpc) is 3.48. The Morgan fingerprint density at radius 1 is 0.761 bits per heavy atom. The number of aliphatic hydroxyl groups is 1. The summed E-state index contributed by atoms with van der Waals surface area (Å²) in [5.74, 6) is 0.409. The van der Waals surface area contributed by atoms with Crippen molar-refractivity contribution >= 4 is 48.8 Å². The van der Waals surface area contributed by atoms with Crippen molar-refractivity contribution in [1.29, 1.82) is 0 Å². The number of allylic oxidation sites excluding steroid dienone is 2. The van der Waals surface area contributed by atoms with Crippen molar-refractivity contribution in [2.75, 3.05) is 0 Å². The zero-order chi connectivity index (χ0) is 31.5. The normalized spacial score (nSPS) is 11.4. The maximum Gasteiger partial charge on any atom is 0.155 e. The van der Waals surface area contributed by atoms with Gasteiger partial charge in [-0.25, -0.2) is 0 Å². The van der Waals surface area contributed by atoms with Crippen molar-refractivity contribution in [3.63, 3.8) is 0 Å². The minimum Gasteiger partial charge on any atom is -0.512 e. The molecule has 7 rings (SSSR count). The van der Waals surface area contributed by atoms with E-state index in [-0.39, 0.29) is 31.6 Å². The molecule has 0 unspecified atom stereocenters. The number of hydrogen-bond acceptors (Lipinski definition) is 4. The average molecular weight is 797 g/mol. The van der Waals surface area contributed by atoms with E-state index in [1.807, 2.05) is 6.20 Å². The van der Waals surface area contributed by atoms with E-state index in [1.165, 1.54) is 68.6 Å². The smallest absolute Gasteiger partial charge is 0.155 e. The second-order valence-corrected chi connectivity index (χ2v) is 12.5. The van der Waals surface area contributed by atoms with Crippen LogP contribution in [-0.4, -0.2) is 15.9 Å². The molecule has 5 heteroatoms. The first-order valence-corrected chi connectivity index (χ1v) is 15.9. The molecule has 0 aliphatic carbocycles.